The molecule has 1 heterocycles. The number of aliphatic hydroxyl groups is 4. The molecule has 456 valence electrons. The molecule has 0 aromatic rings. The maximum Gasteiger partial charge on any atom is 0.144 e. The molecule has 0 bridgehead atoms. The van der Waals surface area contributed by atoms with Crippen molar-refractivity contribution in [2.75, 3.05) is 0 Å². The monoisotopic (exact) mass is 1140 g/mol. The van der Waals surface area contributed by atoms with Crippen LogP contribution in [0.25, 0.3) is 0 Å². The van der Waals surface area contributed by atoms with E-state index in [0.29, 0.717) is 25.7 Å². The fourth-order valence-corrected chi connectivity index (χ4v) is 14.0. The summed E-state index contributed by atoms with van der Waals surface area (Å²) in [5.41, 5.74) is -5.24. The first kappa shape index (κ1) is 74.3. The van der Waals surface area contributed by atoms with E-state index in [1.54, 1.807) is 0 Å². The normalized spacial score (nSPS) is 21.3. The van der Waals surface area contributed by atoms with E-state index < -0.39 is 34.0 Å². The van der Waals surface area contributed by atoms with Crippen molar-refractivity contribution in [1.82, 2.24) is 0 Å². The van der Waals surface area contributed by atoms with Gasteiger partial charge in [-0.1, -0.05) is 403 Å². The Morgan fingerprint density at radius 3 is 0.737 bits per heavy atom. The highest BCUT2D eigenvalue weighted by molar-refractivity contribution is 9.09. The molecular weight excluding hydrogens is 1000 g/mol. The number of aliphatic hydroxyl groups excluding tert-OH is 1. The summed E-state index contributed by atoms with van der Waals surface area (Å²) in [7, 11) is 0. The van der Waals surface area contributed by atoms with E-state index in [1.807, 2.05) is 0 Å². The SMILES string of the molecule is CCCCCCCCCCCCCCCCC(O)[C@H]1O[C@H](Br)[C@@](O)(CCCCCCCCCCCCCCCC)[C@](O)(CCCCCCCCCCCCCCCC)[C@@]1(O)CCCCCCCCCCCCCCCC. The lowest BCUT2D eigenvalue weighted by Gasteiger charge is -2.61. The first-order chi connectivity index (χ1) is 37.2. The van der Waals surface area contributed by atoms with Gasteiger partial charge in [0.1, 0.15) is 27.9 Å². The highest BCUT2D eigenvalue weighted by atomic mass is 79.9. The summed E-state index contributed by atoms with van der Waals surface area (Å²) in [6.07, 6.45) is 70.4. The first-order valence-corrected chi connectivity index (χ1v) is 36.2. The van der Waals surface area contributed by atoms with E-state index in [4.69, 9.17) is 4.74 Å². The number of halogens is 1. The lowest BCUT2D eigenvalue weighted by molar-refractivity contribution is -0.355. The average molecular weight is 1140 g/mol. The van der Waals surface area contributed by atoms with Crippen molar-refractivity contribution in [3.63, 3.8) is 0 Å². The van der Waals surface area contributed by atoms with Crippen molar-refractivity contribution in [2.24, 2.45) is 0 Å². The molecule has 1 aliphatic rings. The van der Waals surface area contributed by atoms with Gasteiger partial charge in [0.05, 0.1) is 6.10 Å². The molecule has 1 saturated heterocycles. The summed E-state index contributed by atoms with van der Waals surface area (Å²) in [6, 6.07) is 0. The number of hydrogen-bond acceptors (Lipinski definition) is 5. The second-order valence-corrected chi connectivity index (χ2v) is 26.4. The van der Waals surface area contributed by atoms with E-state index in [1.165, 1.54) is 289 Å². The van der Waals surface area contributed by atoms with Gasteiger partial charge in [-0.15, -0.1) is 0 Å². The van der Waals surface area contributed by atoms with Crippen LogP contribution >= 0.6 is 15.9 Å². The Hall–Kier alpha value is 0.280. The van der Waals surface area contributed by atoms with Crippen LogP contribution < -0.4 is 0 Å². The van der Waals surface area contributed by atoms with Gasteiger partial charge in [-0.3, -0.25) is 0 Å². The topological polar surface area (TPSA) is 90.2 Å². The molecule has 1 fully saturated rings. The molecule has 0 aromatic carbocycles. The minimum Gasteiger partial charge on any atom is -0.390 e. The van der Waals surface area contributed by atoms with Crippen LogP contribution in [0.15, 0.2) is 0 Å². The molecule has 0 aromatic heterocycles. The van der Waals surface area contributed by atoms with Crippen molar-refractivity contribution >= 4 is 15.9 Å². The van der Waals surface area contributed by atoms with Gasteiger partial charge in [-0.2, -0.15) is 0 Å². The highest BCUT2D eigenvalue weighted by Gasteiger charge is 2.71. The Balaban J connectivity index is 3.00. The molecule has 0 amide bonds. The summed E-state index contributed by atoms with van der Waals surface area (Å²) >= 11 is 3.81. The van der Waals surface area contributed by atoms with Crippen molar-refractivity contribution in [3.8, 4) is 0 Å². The third-order valence-corrected chi connectivity index (χ3v) is 19.4. The highest BCUT2D eigenvalue weighted by Crippen LogP contribution is 2.54. The second-order valence-electron chi connectivity index (χ2n) is 25.6. The molecular formula is C70H139BrO5. The minimum absolute atomic E-state index is 0.322. The summed E-state index contributed by atoms with van der Waals surface area (Å²) in [5.74, 6) is 0. The van der Waals surface area contributed by atoms with Crippen LogP contribution in [0.1, 0.15) is 413 Å². The quantitative estimate of drug-likeness (QED) is 0.0360. The van der Waals surface area contributed by atoms with Crippen LogP contribution in [0.2, 0.25) is 0 Å². The largest absolute Gasteiger partial charge is 0.390 e. The fourth-order valence-electron chi connectivity index (χ4n) is 13.1. The fraction of sp³-hybridized carbons (Fsp3) is 1.00. The van der Waals surface area contributed by atoms with Crippen LogP contribution in [0.3, 0.4) is 0 Å². The van der Waals surface area contributed by atoms with Crippen LogP contribution in [0, 0.1) is 0 Å². The number of unbranched alkanes of at least 4 members (excludes halogenated alkanes) is 52. The molecule has 1 unspecified atom stereocenters. The molecule has 0 spiro atoms. The van der Waals surface area contributed by atoms with Gasteiger partial charge in [-0.05, 0) is 25.7 Å². The first-order valence-electron chi connectivity index (χ1n) is 35.3. The molecule has 76 heavy (non-hydrogen) atoms. The summed E-state index contributed by atoms with van der Waals surface area (Å²) < 4.78 is 6.71. The molecule has 6 heteroatoms. The third kappa shape index (κ3) is 36.0. The van der Waals surface area contributed by atoms with Crippen molar-refractivity contribution in [3.05, 3.63) is 0 Å². The number of hydrogen-bond donors (Lipinski definition) is 4. The zero-order valence-electron chi connectivity index (χ0n) is 52.2. The Kier molecular flexibility index (Phi) is 52.1. The molecule has 5 nitrogen and oxygen atoms in total. The summed E-state index contributed by atoms with van der Waals surface area (Å²) in [5, 5.41) is 51.2. The molecule has 0 saturated carbocycles. The smallest absolute Gasteiger partial charge is 0.144 e. The van der Waals surface area contributed by atoms with Crippen molar-refractivity contribution in [1.29, 1.82) is 0 Å². The van der Waals surface area contributed by atoms with Crippen LogP contribution in [-0.4, -0.2) is 54.5 Å². The van der Waals surface area contributed by atoms with E-state index in [0.717, 1.165) is 70.6 Å². The Bertz CT molecular complexity index is 1170. The van der Waals surface area contributed by atoms with E-state index in [9.17, 15) is 20.4 Å². The van der Waals surface area contributed by atoms with Crippen molar-refractivity contribution in [2.45, 2.75) is 447 Å². The molecule has 6 atom stereocenters. The van der Waals surface area contributed by atoms with Crippen molar-refractivity contribution < 1.29 is 25.2 Å². The Morgan fingerprint density at radius 2 is 0.487 bits per heavy atom. The Labute approximate surface area is 485 Å². The number of rotatable bonds is 61. The van der Waals surface area contributed by atoms with E-state index in [2.05, 4.69) is 43.6 Å². The number of ether oxygens (including phenoxy) is 1. The molecule has 4 N–H and O–H groups in total. The standard InChI is InChI=1S/C70H139BrO5/c1-5-9-13-17-21-25-29-33-37-41-45-49-53-57-61-65(72)66-68(73,62-58-54-50-46-42-38-34-30-26-22-18-14-10-6-2)70(75,64-60-56-52-48-44-40-36-32-28-24-20-16-12-8-4)69(74,67(71)76-66)63-59-55-51-47-43-39-35-31-27-23-19-15-11-7-3/h65-67,72-75H,5-64H2,1-4H3/t65?,66-,67+,68-,69+,70+/m1/s1. The van der Waals surface area contributed by atoms with Gasteiger partial charge in [0, 0.05) is 0 Å². The van der Waals surface area contributed by atoms with Gasteiger partial charge < -0.3 is 25.2 Å². The lowest BCUT2D eigenvalue weighted by atomic mass is 9.60. The zero-order valence-corrected chi connectivity index (χ0v) is 53.8. The van der Waals surface area contributed by atoms with Gasteiger partial charge in [-0.25, -0.2) is 0 Å². The molecule has 0 aliphatic carbocycles. The Morgan fingerprint density at radius 1 is 0.289 bits per heavy atom. The maximum absolute atomic E-state index is 13.5. The predicted molar refractivity (Wildman–Crippen MR) is 338 cm³/mol. The van der Waals surface area contributed by atoms with Gasteiger partial charge in [0.25, 0.3) is 0 Å². The van der Waals surface area contributed by atoms with Crippen LogP contribution in [0.4, 0.5) is 0 Å². The van der Waals surface area contributed by atoms with E-state index in [-0.39, 0.29) is 0 Å². The van der Waals surface area contributed by atoms with Gasteiger partial charge in [0.2, 0.25) is 0 Å². The third-order valence-electron chi connectivity index (χ3n) is 18.5. The summed E-state index contributed by atoms with van der Waals surface area (Å²) in [4.78, 5) is 0. The van der Waals surface area contributed by atoms with Crippen LogP contribution in [-0.2, 0) is 4.74 Å². The second kappa shape index (κ2) is 53.3. The predicted octanol–water partition coefficient (Wildman–Crippen LogP) is 23.1. The summed E-state index contributed by atoms with van der Waals surface area (Å²) in [6.45, 7) is 9.16. The lowest BCUT2D eigenvalue weighted by Crippen LogP contribution is -2.80. The van der Waals surface area contributed by atoms with Gasteiger partial charge >= 0.3 is 0 Å². The molecule has 1 rings (SSSR count). The van der Waals surface area contributed by atoms with Crippen LogP contribution in [0.5, 0.6) is 0 Å². The zero-order chi connectivity index (χ0) is 55.4. The number of alkyl halides is 1. The van der Waals surface area contributed by atoms with Gasteiger partial charge in [0.15, 0.2) is 0 Å². The average Bonchev–Trinajstić information content (AvgIpc) is 3.43. The maximum atomic E-state index is 13.5. The van der Waals surface area contributed by atoms with E-state index >= 15 is 0 Å². The molecule has 1 aliphatic heterocycles. The molecule has 0 radical (unpaired) electrons. The minimum atomic E-state index is -1.81.